The summed E-state index contributed by atoms with van der Waals surface area (Å²) in [6, 6.07) is 5.33. The highest BCUT2D eigenvalue weighted by atomic mass is 16.5. The number of carbonyl (C=O) groups is 4. The van der Waals surface area contributed by atoms with E-state index in [0.717, 1.165) is 44.9 Å². The number of fused-ring (bicyclic) bond motifs is 5. The van der Waals surface area contributed by atoms with Crippen molar-refractivity contribution >= 4 is 24.1 Å². The first kappa shape index (κ1) is 29.3. The van der Waals surface area contributed by atoms with Crippen LogP contribution >= 0.6 is 0 Å². The van der Waals surface area contributed by atoms with Crippen LogP contribution < -0.4 is 10.1 Å². The molecule has 7 heteroatoms. The van der Waals surface area contributed by atoms with Crippen molar-refractivity contribution in [1.29, 1.82) is 0 Å². The highest BCUT2D eigenvalue weighted by Crippen LogP contribution is 2.61. The van der Waals surface area contributed by atoms with Crippen molar-refractivity contribution < 1.29 is 28.7 Å². The van der Waals surface area contributed by atoms with Crippen LogP contribution in [0.2, 0.25) is 0 Å². The van der Waals surface area contributed by atoms with E-state index < -0.39 is 12.0 Å². The summed E-state index contributed by atoms with van der Waals surface area (Å²) in [4.78, 5) is 49.0. The van der Waals surface area contributed by atoms with Crippen LogP contribution in [0.15, 0.2) is 18.2 Å². The molecule has 39 heavy (non-hydrogen) atoms. The van der Waals surface area contributed by atoms with Gasteiger partial charge < -0.3 is 19.6 Å². The minimum absolute atomic E-state index is 0.0913. The van der Waals surface area contributed by atoms with Crippen LogP contribution in [0.3, 0.4) is 0 Å². The van der Waals surface area contributed by atoms with Gasteiger partial charge in [-0.3, -0.25) is 9.59 Å². The topological polar surface area (TPSA) is 98.8 Å². The molecular weight excluding hydrogens is 494 g/mol. The van der Waals surface area contributed by atoms with Gasteiger partial charge in [0, 0.05) is 12.3 Å². The molecule has 3 aliphatic rings. The standard InChI is InChI=1S/C32H45NO6/c1-6-7-22(18-34)30(36)33-28(16-19(2)3)31(37)39-29-13-12-27-26-10-8-21-17-23(38-20(4)35)9-11-24(21)25(26)14-15-32(27,29)5/h9,11,17-19,22,25-29H,6-8,10,12-16H2,1-5H3,(H,33,36)/t22?,25?,26?,27?,28?,29-,32-/m0/s1. The first-order valence-electron chi connectivity index (χ1n) is 14.8. The van der Waals surface area contributed by atoms with E-state index in [1.54, 1.807) is 0 Å². The number of aryl methyl sites for hydroxylation is 1. The molecule has 5 unspecified atom stereocenters. The summed E-state index contributed by atoms with van der Waals surface area (Å²) < 4.78 is 11.6. The summed E-state index contributed by atoms with van der Waals surface area (Å²) in [5, 5.41) is 2.84. The van der Waals surface area contributed by atoms with Crippen LogP contribution in [0.5, 0.6) is 5.75 Å². The van der Waals surface area contributed by atoms with Gasteiger partial charge in [-0.05, 0) is 98.3 Å². The maximum Gasteiger partial charge on any atom is 0.328 e. The molecule has 1 aromatic rings. The molecule has 0 aliphatic heterocycles. The van der Waals surface area contributed by atoms with E-state index >= 15 is 0 Å². The third-order valence-electron chi connectivity index (χ3n) is 9.54. The fraction of sp³-hybridized carbons (Fsp3) is 0.688. The first-order chi connectivity index (χ1) is 18.6. The maximum atomic E-state index is 13.4. The summed E-state index contributed by atoms with van der Waals surface area (Å²) >= 11 is 0. The van der Waals surface area contributed by atoms with Gasteiger partial charge in [0.15, 0.2) is 0 Å². The lowest BCUT2D eigenvalue weighted by molar-refractivity contribution is -0.162. The van der Waals surface area contributed by atoms with Crippen LogP contribution in [0.25, 0.3) is 0 Å². The molecule has 0 spiro atoms. The number of hydrogen-bond acceptors (Lipinski definition) is 6. The lowest BCUT2D eigenvalue weighted by Crippen LogP contribution is -2.49. The second kappa shape index (κ2) is 12.2. The smallest absolute Gasteiger partial charge is 0.328 e. The average molecular weight is 540 g/mol. The van der Waals surface area contributed by atoms with Crippen molar-refractivity contribution in [2.24, 2.45) is 29.1 Å². The third-order valence-corrected chi connectivity index (χ3v) is 9.54. The second-order valence-electron chi connectivity index (χ2n) is 12.6. The molecule has 7 atom stereocenters. The Hall–Kier alpha value is -2.70. The summed E-state index contributed by atoms with van der Waals surface area (Å²) in [6.45, 7) is 9.67. The fourth-order valence-electron chi connectivity index (χ4n) is 7.69. The Kier molecular flexibility index (Phi) is 9.18. The quantitative estimate of drug-likeness (QED) is 0.182. The number of carbonyl (C=O) groups excluding carboxylic acids is 4. The zero-order valence-corrected chi connectivity index (χ0v) is 24.2. The summed E-state index contributed by atoms with van der Waals surface area (Å²) in [5.74, 6) is 0.483. The molecule has 0 bridgehead atoms. The summed E-state index contributed by atoms with van der Waals surface area (Å²) in [7, 11) is 0. The number of benzene rings is 1. The van der Waals surface area contributed by atoms with Crippen molar-refractivity contribution in [2.45, 2.75) is 110 Å². The number of aldehydes is 1. The van der Waals surface area contributed by atoms with Gasteiger partial charge in [0.1, 0.15) is 24.2 Å². The Balaban J connectivity index is 1.45. The van der Waals surface area contributed by atoms with Gasteiger partial charge in [0.05, 0.1) is 5.92 Å². The van der Waals surface area contributed by atoms with Gasteiger partial charge in [-0.15, -0.1) is 0 Å². The monoisotopic (exact) mass is 539 g/mol. The fourth-order valence-corrected chi connectivity index (χ4v) is 7.69. The van der Waals surface area contributed by atoms with E-state index in [1.165, 1.54) is 18.1 Å². The van der Waals surface area contributed by atoms with Gasteiger partial charge in [0.2, 0.25) is 5.91 Å². The number of nitrogens with one attached hydrogen (secondary N) is 1. The lowest BCUT2D eigenvalue weighted by Gasteiger charge is -2.50. The zero-order valence-electron chi connectivity index (χ0n) is 24.2. The van der Waals surface area contributed by atoms with Crippen LogP contribution in [0.1, 0.15) is 103 Å². The largest absolute Gasteiger partial charge is 0.460 e. The van der Waals surface area contributed by atoms with Gasteiger partial charge in [-0.1, -0.05) is 40.2 Å². The van der Waals surface area contributed by atoms with Crippen molar-refractivity contribution in [1.82, 2.24) is 5.32 Å². The molecule has 1 aromatic carbocycles. The number of rotatable bonds is 10. The Morgan fingerprint density at radius 1 is 1.15 bits per heavy atom. The molecule has 0 saturated heterocycles. The van der Waals surface area contributed by atoms with E-state index in [2.05, 4.69) is 18.3 Å². The minimum Gasteiger partial charge on any atom is -0.460 e. The lowest BCUT2D eigenvalue weighted by atomic mass is 9.55. The number of ether oxygens (including phenoxy) is 2. The third kappa shape index (κ3) is 6.22. The number of esters is 2. The molecule has 7 nitrogen and oxygen atoms in total. The SMILES string of the molecule is CCCC(C=O)C(=O)NC(CC(C)C)C(=O)O[C@H]1CCC2C3CCc4cc(OC(C)=O)ccc4C3CC[C@@]21C. The molecule has 1 N–H and O–H groups in total. The average Bonchev–Trinajstić information content (AvgIpc) is 3.21. The van der Waals surface area contributed by atoms with Crippen LogP contribution in [0, 0.1) is 29.1 Å². The molecule has 0 radical (unpaired) electrons. The van der Waals surface area contributed by atoms with E-state index in [0.29, 0.717) is 42.6 Å². The van der Waals surface area contributed by atoms with E-state index in [9.17, 15) is 19.2 Å². The van der Waals surface area contributed by atoms with Gasteiger partial charge >= 0.3 is 11.9 Å². The van der Waals surface area contributed by atoms with Gasteiger partial charge in [-0.25, -0.2) is 4.79 Å². The van der Waals surface area contributed by atoms with Crippen molar-refractivity contribution in [3.8, 4) is 5.75 Å². The molecule has 2 fully saturated rings. The molecule has 214 valence electrons. The Labute approximate surface area is 232 Å². The molecule has 4 rings (SSSR count). The van der Waals surface area contributed by atoms with E-state index in [4.69, 9.17) is 9.47 Å². The van der Waals surface area contributed by atoms with Crippen molar-refractivity contribution in [2.75, 3.05) is 0 Å². The minimum atomic E-state index is -0.747. The predicted octanol–water partition coefficient (Wildman–Crippen LogP) is 5.53. The summed E-state index contributed by atoms with van der Waals surface area (Å²) in [5.41, 5.74) is 2.57. The van der Waals surface area contributed by atoms with Crippen LogP contribution in [0.4, 0.5) is 0 Å². The normalized spacial score (nSPS) is 28.9. The number of amides is 1. The molecular formula is C32H45NO6. The number of hydrogen-bond donors (Lipinski definition) is 1. The highest BCUT2D eigenvalue weighted by molar-refractivity contribution is 5.94. The van der Waals surface area contributed by atoms with Crippen LogP contribution in [-0.2, 0) is 30.3 Å². The van der Waals surface area contributed by atoms with Crippen molar-refractivity contribution in [3.05, 3.63) is 29.3 Å². The Morgan fingerprint density at radius 2 is 1.92 bits per heavy atom. The maximum absolute atomic E-state index is 13.4. The van der Waals surface area contributed by atoms with Gasteiger partial charge in [0.25, 0.3) is 0 Å². The van der Waals surface area contributed by atoms with E-state index in [-0.39, 0.29) is 35.3 Å². The molecule has 3 aliphatic carbocycles. The Bertz CT molecular complexity index is 1080. The second-order valence-corrected chi connectivity index (χ2v) is 12.6. The van der Waals surface area contributed by atoms with E-state index in [1.807, 2.05) is 32.9 Å². The zero-order chi connectivity index (χ0) is 28.3. The highest BCUT2D eigenvalue weighted by Gasteiger charge is 2.56. The molecule has 0 aromatic heterocycles. The molecule has 0 heterocycles. The van der Waals surface area contributed by atoms with Crippen LogP contribution in [-0.4, -0.2) is 36.3 Å². The Morgan fingerprint density at radius 3 is 2.59 bits per heavy atom. The first-order valence-corrected chi connectivity index (χ1v) is 14.8. The molecule has 1 amide bonds. The molecule has 2 saturated carbocycles. The van der Waals surface area contributed by atoms with Gasteiger partial charge in [-0.2, -0.15) is 0 Å². The predicted molar refractivity (Wildman–Crippen MR) is 148 cm³/mol. The summed E-state index contributed by atoms with van der Waals surface area (Å²) in [6.07, 6.45) is 8.10. The van der Waals surface area contributed by atoms with Crippen molar-refractivity contribution in [3.63, 3.8) is 0 Å².